The van der Waals surface area contributed by atoms with Gasteiger partial charge in [0.15, 0.2) is 22.4 Å². The molecular weight excluding hydrogens is 476 g/mol. The molecule has 0 fully saturated rings. The predicted molar refractivity (Wildman–Crippen MR) is 138 cm³/mol. The number of ether oxygens (including phenoxy) is 2. The number of thioether (sulfide) groups is 1. The number of nitrogens with one attached hydrogen (secondary N) is 1. The van der Waals surface area contributed by atoms with Gasteiger partial charge in [0.25, 0.3) is 0 Å². The van der Waals surface area contributed by atoms with E-state index in [9.17, 15) is 4.79 Å². The topological polar surface area (TPSA) is 91.4 Å². The number of anilines is 1. The Balaban J connectivity index is 1.26. The molecule has 5 aromatic rings. The number of rotatable bonds is 6. The average molecular weight is 499 g/mol. The van der Waals surface area contributed by atoms with Crippen molar-refractivity contribution in [2.45, 2.75) is 12.1 Å². The Morgan fingerprint density at radius 2 is 1.78 bits per heavy atom. The number of hydrogen-bond acceptors (Lipinski definition) is 7. The second-order valence-electron chi connectivity index (χ2n) is 8.32. The maximum Gasteiger partial charge on any atom is 0.234 e. The lowest BCUT2D eigenvalue weighted by molar-refractivity contribution is -0.113. The van der Waals surface area contributed by atoms with Gasteiger partial charge in [-0.25, -0.2) is 0 Å². The Kier molecular flexibility index (Phi) is 5.82. The third-order valence-corrected chi connectivity index (χ3v) is 6.66. The second-order valence-corrected chi connectivity index (χ2v) is 9.26. The normalized spacial score (nSPS) is 12.6. The molecule has 9 heteroatoms. The van der Waals surface area contributed by atoms with Gasteiger partial charge in [-0.15, -0.1) is 10.2 Å². The van der Waals surface area contributed by atoms with Crippen LogP contribution < -0.4 is 14.8 Å². The van der Waals surface area contributed by atoms with Gasteiger partial charge >= 0.3 is 0 Å². The number of para-hydroxylation sites is 1. The van der Waals surface area contributed by atoms with Gasteiger partial charge in [0.05, 0.1) is 5.75 Å². The predicted octanol–water partition coefficient (Wildman–Crippen LogP) is 5.49. The van der Waals surface area contributed by atoms with Crippen LogP contribution in [0.15, 0.2) is 82.4 Å². The molecule has 1 aliphatic heterocycles. The molecule has 0 saturated heterocycles. The largest absolute Gasteiger partial charge is 0.486 e. The molecule has 0 atom stereocenters. The van der Waals surface area contributed by atoms with Crippen LogP contribution in [0.3, 0.4) is 0 Å². The SMILES string of the molecule is Cc1ccc(-n2c(SCC(=O)Nc3ccc4c(c3)OCCO4)nnc2-c2cc3ccccc3o2)cc1. The molecular formula is C27H22N4O4S. The Labute approximate surface area is 211 Å². The zero-order chi connectivity index (χ0) is 24.5. The fourth-order valence-electron chi connectivity index (χ4n) is 3.99. The summed E-state index contributed by atoms with van der Waals surface area (Å²) in [7, 11) is 0. The van der Waals surface area contributed by atoms with Gasteiger partial charge in [-0.3, -0.25) is 9.36 Å². The molecule has 3 aromatic carbocycles. The van der Waals surface area contributed by atoms with Crippen LogP contribution >= 0.6 is 11.8 Å². The molecule has 0 aliphatic carbocycles. The minimum atomic E-state index is -0.166. The van der Waals surface area contributed by atoms with Crippen molar-refractivity contribution in [1.82, 2.24) is 14.8 Å². The highest BCUT2D eigenvalue weighted by Crippen LogP contribution is 2.34. The van der Waals surface area contributed by atoms with Crippen LogP contribution in [0, 0.1) is 6.92 Å². The van der Waals surface area contributed by atoms with Gasteiger partial charge in [0.1, 0.15) is 18.8 Å². The summed E-state index contributed by atoms with van der Waals surface area (Å²) < 4.78 is 19.1. The van der Waals surface area contributed by atoms with Crippen molar-refractivity contribution in [2.24, 2.45) is 0 Å². The summed E-state index contributed by atoms with van der Waals surface area (Å²) in [5, 5.41) is 13.3. The molecule has 0 radical (unpaired) electrons. The molecule has 6 rings (SSSR count). The summed E-state index contributed by atoms with van der Waals surface area (Å²) >= 11 is 1.30. The molecule has 1 amide bonds. The number of aromatic nitrogens is 3. The summed E-state index contributed by atoms with van der Waals surface area (Å²) in [6.07, 6.45) is 0. The van der Waals surface area contributed by atoms with Crippen LogP contribution in [-0.4, -0.2) is 39.6 Å². The van der Waals surface area contributed by atoms with Gasteiger partial charge in [-0.05, 0) is 43.3 Å². The molecule has 1 N–H and O–H groups in total. The van der Waals surface area contributed by atoms with E-state index in [2.05, 4.69) is 15.5 Å². The summed E-state index contributed by atoms with van der Waals surface area (Å²) in [5.74, 6) is 2.47. The molecule has 3 heterocycles. The molecule has 0 bridgehead atoms. The monoisotopic (exact) mass is 498 g/mol. The average Bonchev–Trinajstić information content (AvgIpc) is 3.52. The molecule has 8 nitrogen and oxygen atoms in total. The number of fused-ring (bicyclic) bond motifs is 2. The van der Waals surface area contributed by atoms with E-state index in [4.69, 9.17) is 13.9 Å². The maximum atomic E-state index is 12.8. The Bertz CT molecular complexity index is 1530. The summed E-state index contributed by atoms with van der Waals surface area (Å²) in [5.41, 5.74) is 3.45. The third-order valence-electron chi connectivity index (χ3n) is 5.73. The fraction of sp³-hybridized carbons (Fsp3) is 0.148. The van der Waals surface area contributed by atoms with E-state index < -0.39 is 0 Å². The Morgan fingerprint density at radius 3 is 2.61 bits per heavy atom. The number of benzene rings is 3. The first-order valence-electron chi connectivity index (χ1n) is 11.5. The van der Waals surface area contributed by atoms with Crippen molar-refractivity contribution < 1.29 is 18.7 Å². The Hall–Kier alpha value is -4.24. The standard InChI is InChI=1S/C27H22N4O4S/c1-17-6-9-20(10-7-17)31-26(24-14-18-4-2-3-5-21(18)35-24)29-30-27(31)36-16-25(32)28-19-8-11-22-23(15-19)34-13-12-33-22/h2-11,14-15H,12-13,16H2,1H3,(H,28,32). The smallest absolute Gasteiger partial charge is 0.234 e. The summed E-state index contributed by atoms with van der Waals surface area (Å²) in [6.45, 7) is 3.05. The van der Waals surface area contributed by atoms with E-state index in [1.807, 2.05) is 66.1 Å². The van der Waals surface area contributed by atoms with Crippen molar-refractivity contribution in [3.8, 4) is 28.8 Å². The zero-order valence-corrected chi connectivity index (χ0v) is 20.2. The number of furan rings is 1. The van der Waals surface area contributed by atoms with Crippen LogP contribution in [0.1, 0.15) is 5.56 Å². The highest BCUT2D eigenvalue weighted by molar-refractivity contribution is 7.99. The van der Waals surface area contributed by atoms with Crippen molar-refractivity contribution in [3.63, 3.8) is 0 Å². The lowest BCUT2D eigenvalue weighted by atomic mass is 10.2. The van der Waals surface area contributed by atoms with Crippen LogP contribution in [0.5, 0.6) is 11.5 Å². The Morgan fingerprint density at radius 1 is 0.972 bits per heavy atom. The highest BCUT2D eigenvalue weighted by Gasteiger charge is 2.20. The highest BCUT2D eigenvalue weighted by atomic mass is 32.2. The van der Waals surface area contributed by atoms with E-state index in [1.54, 1.807) is 18.2 Å². The minimum Gasteiger partial charge on any atom is -0.486 e. The molecule has 0 spiro atoms. The third kappa shape index (κ3) is 4.40. The van der Waals surface area contributed by atoms with Crippen LogP contribution in [-0.2, 0) is 4.79 Å². The lowest BCUT2D eigenvalue weighted by Gasteiger charge is -2.19. The van der Waals surface area contributed by atoms with Crippen molar-refractivity contribution in [2.75, 3.05) is 24.3 Å². The van der Waals surface area contributed by atoms with E-state index in [-0.39, 0.29) is 11.7 Å². The first-order chi connectivity index (χ1) is 17.6. The quantitative estimate of drug-likeness (QED) is 0.310. The molecule has 1 aliphatic rings. The van der Waals surface area contributed by atoms with Crippen molar-refractivity contribution in [3.05, 3.63) is 78.4 Å². The van der Waals surface area contributed by atoms with Gasteiger partial charge < -0.3 is 19.2 Å². The van der Waals surface area contributed by atoms with E-state index in [1.165, 1.54) is 11.8 Å². The van der Waals surface area contributed by atoms with E-state index in [0.29, 0.717) is 47.1 Å². The first kappa shape index (κ1) is 22.2. The number of aryl methyl sites for hydroxylation is 1. The van der Waals surface area contributed by atoms with Crippen molar-refractivity contribution in [1.29, 1.82) is 0 Å². The molecule has 36 heavy (non-hydrogen) atoms. The van der Waals surface area contributed by atoms with Crippen LogP contribution in [0.4, 0.5) is 5.69 Å². The van der Waals surface area contributed by atoms with Crippen LogP contribution in [0.2, 0.25) is 0 Å². The summed E-state index contributed by atoms with van der Waals surface area (Å²) in [4.78, 5) is 12.8. The first-order valence-corrected chi connectivity index (χ1v) is 12.5. The zero-order valence-electron chi connectivity index (χ0n) is 19.4. The van der Waals surface area contributed by atoms with Gasteiger partial charge in [-0.1, -0.05) is 47.7 Å². The van der Waals surface area contributed by atoms with Gasteiger partial charge in [-0.2, -0.15) is 0 Å². The molecule has 2 aromatic heterocycles. The molecule has 0 saturated carbocycles. The van der Waals surface area contributed by atoms with Crippen LogP contribution in [0.25, 0.3) is 28.2 Å². The fourth-order valence-corrected chi connectivity index (χ4v) is 4.74. The maximum absolute atomic E-state index is 12.8. The number of nitrogens with zero attached hydrogens (tertiary/aromatic N) is 3. The second kappa shape index (κ2) is 9.43. The minimum absolute atomic E-state index is 0.151. The lowest BCUT2D eigenvalue weighted by Crippen LogP contribution is -2.17. The van der Waals surface area contributed by atoms with E-state index in [0.717, 1.165) is 22.2 Å². The number of hydrogen-bond donors (Lipinski definition) is 1. The van der Waals surface area contributed by atoms with Crippen molar-refractivity contribution >= 4 is 34.3 Å². The van der Waals surface area contributed by atoms with E-state index >= 15 is 0 Å². The molecule has 0 unspecified atom stereocenters. The number of carbonyl (C=O) groups is 1. The number of carbonyl (C=O) groups excluding carboxylic acids is 1. The number of amides is 1. The summed E-state index contributed by atoms with van der Waals surface area (Å²) in [6, 6.07) is 23.2. The van der Waals surface area contributed by atoms with Gasteiger partial charge in [0.2, 0.25) is 11.7 Å². The molecule has 180 valence electrons. The van der Waals surface area contributed by atoms with Gasteiger partial charge in [0, 0.05) is 22.8 Å².